The lowest BCUT2D eigenvalue weighted by atomic mass is 10.1. The molecule has 1 N–H and O–H groups in total. The number of benzene rings is 1. The van der Waals surface area contributed by atoms with Crippen LogP contribution in [-0.2, 0) is 16.4 Å². The first-order chi connectivity index (χ1) is 9.07. The first kappa shape index (κ1) is 14.5. The Bertz CT molecular complexity index is 520. The van der Waals surface area contributed by atoms with Crippen LogP contribution in [0.1, 0.15) is 25.3 Å². The SMILES string of the molecule is CCc1cccc(S(=O)(=O)N2CCC(NC)CC2)c1. The Balaban J connectivity index is 2.18. The van der Waals surface area contributed by atoms with E-state index in [-0.39, 0.29) is 0 Å². The van der Waals surface area contributed by atoms with E-state index < -0.39 is 10.0 Å². The zero-order valence-electron chi connectivity index (χ0n) is 11.6. The summed E-state index contributed by atoms with van der Waals surface area (Å²) in [6, 6.07) is 7.71. The molecule has 1 saturated heterocycles. The molecule has 0 atom stereocenters. The Kier molecular flexibility index (Phi) is 4.60. The van der Waals surface area contributed by atoms with Crippen molar-refractivity contribution in [1.82, 2.24) is 9.62 Å². The van der Waals surface area contributed by atoms with Crippen molar-refractivity contribution in [2.24, 2.45) is 0 Å². The highest BCUT2D eigenvalue weighted by molar-refractivity contribution is 7.89. The average Bonchev–Trinajstić information content (AvgIpc) is 2.47. The molecule has 19 heavy (non-hydrogen) atoms. The zero-order chi connectivity index (χ0) is 13.9. The lowest BCUT2D eigenvalue weighted by Gasteiger charge is -2.31. The summed E-state index contributed by atoms with van der Waals surface area (Å²) in [7, 11) is -1.39. The van der Waals surface area contributed by atoms with Crippen molar-refractivity contribution in [3.8, 4) is 0 Å². The van der Waals surface area contributed by atoms with E-state index in [1.807, 2.05) is 26.1 Å². The van der Waals surface area contributed by atoms with Gasteiger partial charge < -0.3 is 5.32 Å². The summed E-state index contributed by atoms with van der Waals surface area (Å²) >= 11 is 0. The Morgan fingerprint density at radius 1 is 1.32 bits per heavy atom. The maximum atomic E-state index is 12.6. The summed E-state index contributed by atoms with van der Waals surface area (Å²) in [6.07, 6.45) is 2.61. The molecule has 106 valence electrons. The van der Waals surface area contributed by atoms with Gasteiger partial charge in [-0.1, -0.05) is 19.1 Å². The molecule has 1 aliphatic rings. The van der Waals surface area contributed by atoms with Crippen molar-refractivity contribution >= 4 is 10.0 Å². The van der Waals surface area contributed by atoms with Crippen LogP contribution in [0.5, 0.6) is 0 Å². The number of nitrogens with zero attached hydrogens (tertiary/aromatic N) is 1. The summed E-state index contributed by atoms with van der Waals surface area (Å²) in [4.78, 5) is 0.426. The van der Waals surface area contributed by atoms with Crippen molar-refractivity contribution in [2.75, 3.05) is 20.1 Å². The zero-order valence-corrected chi connectivity index (χ0v) is 12.4. The van der Waals surface area contributed by atoms with Crippen LogP contribution >= 0.6 is 0 Å². The van der Waals surface area contributed by atoms with E-state index >= 15 is 0 Å². The standard InChI is InChI=1S/C14H22N2O2S/c1-3-12-5-4-6-14(11-12)19(17,18)16-9-7-13(15-2)8-10-16/h4-6,11,13,15H,3,7-10H2,1-2H3. The van der Waals surface area contributed by atoms with Crippen molar-refractivity contribution in [3.05, 3.63) is 29.8 Å². The van der Waals surface area contributed by atoms with Crippen LogP contribution in [0.4, 0.5) is 0 Å². The van der Waals surface area contributed by atoms with Gasteiger partial charge in [-0.3, -0.25) is 0 Å². The second-order valence-corrected chi connectivity index (χ2v) is 6.91. The third-order valence-electron chi connectivity index (χ3n) is 3.81. The second-order valence-electron chi connectivity index (χ2n) is 4.97. The maximum Gasteiger partial charge on any atom is 0.243 e. The fourth-order valence-corrected chi connectivity index (χ4v) is 4.00. The van der Waals surface area contributed by atoms with E-state index in [0.717, 1.165) is 24.8 Å². The molecular weight excluding hydrogens is 260 g/mol. The van der Waals surface area contributed by atoms with Gasteiger partial charge in [-0.25, -0.2) is 8.42 Å². The number of piperidine rings is 1. The van der Waals surface area contributed by atoms with Crippen LogP contribution in [0.25, 0.3) is 0 Å². The minimum absolute atomic E-state index is 0.426. The summed E-state index contributed by atoms with van der Waals surface area (Å²) in [6.45, 7) is 3.23. The Labute approximate surface area is 115 Å². The third-order valence-corrected chi connectivity index (χ3v) is 5.70. The van der Waals surface area contributed by atoms with Crippen LogP contribution in [0.2, 0.25) is 0 Å². The Hall–Kier alpha value is -0.910. The average molecular weight is 282 g/mol. The summed E-state index contributed by atoms with van der Waals surface area (Å²) in [5.74, 6) is 0. The number of hydrogen-bond donors (Lipinski definition) is 1. The van der Waals surface area contributed by atoms with Gasteiger partial charge >= 0.3 is 0 Å². The molecule has 4 nitrogen and oxygen atoms in total. The monoisotopic (exact) mass is 282 g/mol. The van der Waals surface area contributed by atoms with Crippen molar-refractivity contribution in [3.63, 3.8) is 0 Å². The molecule has 0 unspecified atom stereocenters. The number of aryl methyl sites for hydroxylation is 1. The van der Waals surface area contributed by atoms with Crippen LogP contribution in [0, 0.1) is 0 Å². The molecule has 0 saturated carbocycles. The molecule has 0 amide bonds. The van der Waals surface area contributed by atoms with Gasteiger partial charge in [-0.05, 0) is 44.0 Å². The van der Waals surface area contributed by atoms with E-state index in [4.69, 9.17) is 0 Å². The lowest BCUT2D eigenvalue weighted by molar-refractivity contribution is 0.298. The molecule has 5 heteroatoms. The first-order valence-electron chi connectivity index (χ1n) is 6.84. The summed E-state index contributed by atoms with van der Waals surface area (Å²) < 4.78 is 26.7. The number of nitrogens with one attached hydrogen (secondary N) is 1. The molecule has 2 rings (SSSR count). The first-order valence-corrected chi connectivity index (χ1v) is 8.28. The van der Waals surface area contributed by atoms with E-state index in [2.05, 4.69) is 5.32 Å². The number of rotatable bonds is 4. The third kappa shape index (κ3) is 3.16. The van der Waals surface area contributed by atoms with Gasteiger partial charge in [0, 0.05) is 19.1 Å². The molecule has 1 aromatic carbocycles. The van der Waals surface area contributed by atoms with Gasteiger partial charge in [0.05, 0.1) is 4.90 Å². The Morgan fingerprint density at radius 2 is 2.00 bits per heavy atom. The van der Waals surface area contributed by atoms with Gasteiger partial charge in [0.1, 0.15) is 0 Å². The molecule has 0 radical (unpaired) electrons. The molecule has 1 heterocycles. The van der Waals surface area contributed by atoms with E-state index in [9.17, 15) is 8.42 Å². The van der Waals surface area contributed by atoms with Gasteiger partial charge in [-0.2, -0.15) is 4.31 Å². The highest BCUT2D eigenvalue weighted by Crippen LogP contribution is 2.21. The van der Waals surface area contributed by atoms with Crippen molar-refractivity contribution in [1.29, 1.82) is 0 Å². The molecule has 0 spiro atoms. The molecule has 0 bridgehead atoms. The quantitative estimate of drug-likeness (QED) is 0.913. The van der Waals surface area contributed by atoms with Crippen LogP contribution in [-0.4, -0.2) is 38.9 Å². The van der Waals surface area contributed by atoms with Gasteiger partial charge in [0.15, 0.2) is 0 Å². The normalized spacial score (nSPS) is 18.6. The van der Waals surface area contributed by atoms with Crippen LogP contribution in [0.3, 0.4) is 0 Å². The highest BCUT2D eigenvalue weighted by Gasteiger charge is 2.28. The minimum Gasteiger partial charge on any atom is -0.317 e. The maximum absolute atomic E-state index is 12.6. The van der Waals surface area contributed by atoms with Gasteiger partial charge in [0.25, 0.3) is 0 Å². The topological polar surface area (TPSA) is 49.4 Å². The van der Waals surface area contributed by atoms with Gasteiger partial charge in [-0.15, -0.1) is 0 Å². The van der Waals surface area contributed by atoms with E-state index in [1.54, 1.807) is 16.4 Å². The fourth-order valence-electron chi connectivity index (χ4n) is 2.46. The lowest BCUT2D eigenvalue weighted by Crippen LogP contribution is -2.43. The predicted octanol–water partition coefficient (Wildman–Crippen LogP) is 1.62. The van der Waals surface area contributed by atoms with Crippen LogP contribution < -0.4 is 5.32 Å². The van der Waals surface area contributed by atoms with Crippen molar-refractivity contribution < 1.29 is 8.42 Å². The number of sulfonamides is 1. The molecule has 1 fully saturated rings. The molecular formula is C14H22N2O2S. The largest absolute Gasteiger partial charge is 0.317 e. The molecule has 0 aromatic heterocycles. The Morgan fingerprint density at radius 3 is 2.58 bits per heavy atom. The fraction of sp³-hybridized carbons (Fsp3) is 0.571. The molecule has 0 aliphatic carbocycles. The smallest absolute Gasteiger partial charge is 0.243 e. The van der Waals surface area contributed by atoms with Gasteiger partial charge in [0.2, 0.25) is 10.0 Å². The van der Waals surface area contributed by atoms with E-state index in [0.29, 0.717) is 24.0 Å². The highest BCUT2D eigenvalue weighted by atomic mass is 32.2. The van der Waals surface area contributed by atoms with E-state index in [1.165, 1.54) is 0 Å². The predicted molar refractivity (Wildman–Crippen MR) is 76.7 cm³/mol. The number of hydrogen-bond acceptors (Lipinski definition) is 3. The molecule has 1 aromatic rings. The minimum atomic E-state index is -3.32. The summed E-state index contributed by atoms with van der Waals surface area (Å²) in [5, 5.41) is 3.21. The summed E-state index contributed by atoms with van der Waals surface area (Å²) in [5.41, 5.74) is 1.06. The molecule has 1 aliphatic heterocycles. The second kappa shape index (κ2) is 6.03. The van der Waals surface area contributed by atoms with Crippen molar-refractivity contribution in [2.45, 2.75) is 37.1 Å². The van der Waals surface area contributed by atoms with Crippen LogP contribution in [0.15, 0.2) is 29.2 Å².